The molecule has 9 heteroatoms. The van der Waals surface area contributed by atoms with Crippen molar-refractivity contribution >= 4 is 21.6 Å². The highest BCUT2D eigenvalue weighted by atomic mass is 32.2. The summed E-state index contributed by atoms with van der Waals surface area (Å²) in [5, 5.41) is 17.6. The summed E-state index contributed by atoms with van der Waals surface area (Å²) in [5.41, 5.74) is -0.345. The maximum Gasteiger partial charge on any atom is 0.371 e. The molecule has 0 amide bonds. The van der Waals surface area contributed by atoms with E-state index in [9.17, 15) is 22.4 Å². The number of carboxylic acids is 1. The van der Waals surface area contributed by atoms with Crippen LogP contribution in [0.25, 0.3) is 0 Å². The number of aromatic amines is 1. The van der Waals surface area contributed by atoms with Gasteiger partial charge >= 0.3 is 5.97 Å². The average molecular weight is 339 g/mol. The lowest BCUT2D eigenvalue weighted by atomic mass is 10.2. The SMILES string of the molecule is O=C(O)C(O)=CC(=O)c1c[nH]cc1S(=O)(=O)c1ccc(F)cc1. The number of carbonyl (C=O) groups is 2. The van der Waals surface area contributed by atoms with Crippen molar-refractivity contribution in [2.75, 3.05) is 0 Å². The van der Waals surface area contributed by atoms with Crippen LogP contribution in [0, 0.1) is 5.82 Å². The third-order valence-electron chi connectivity index (χ3n) is 2.87. The van der Waals surface area contributed by atoms with Gasteiger partial charge in [0.2, 0.25) is 15.6 Å². The molecule has 2 rings (SSSR count). The van der Waals surface area contributed by atoms with Gasteiger partial charge in [-0.15, -0.1) is 0 Å². The van der Waals surface area contributed by atoms with Gasteiger partial charge in [0.05, 0.1) is 10.5 Å². The largest absolute Gasteiger partial charge is 0.502 e. The first kappa shape index (κ1) is 16.4. The summed E-state index contributed by atoms with van der Waals surface area (Å²) in [7, 11) is -4.12. The summed E-state index contributed by atoms with van der Waals surface area (Å²) < 4.78 is 37.8. The quantitative estimate of drug-likeness (QED) is 0.329. The number of H-pyrrole nitrogens is 1. The van der Waals surface area contributed by atoms with E-state index in [0.717, 1.165) is 36.7 Å². The lowest BCUT2D eigenvalue weighted by Gasteiger charge is -2.04. The minimum absolute atomic E-state index is 0.237. The van der Waals surface area contributed by atoms with Gasteiger partial charge < -0.3 is 15.2 Å². The minimum Gasteiger partial charge on any atom is -0.502 e. The molecule has 0 unspecified atom stereocenters. The molecule has 7 nitrogen and oxygen atoms in total. The van der Waals surface area contributed by atoms with Crippen LogP contribution in [-0.2, 0) is 14.6 Å². The summed E-state index contributed by atoms with van der Waals surface area (Å²) in [6.07, 6.45) is 2.50. The van der Waals surface area contributed by atoms with Gasteiger partial charge in [-0.2, -0.15) is 0 Å². The highest BCUT2D eigenvalue weighted by Crippen LogP contribution is 2.25. The van der Waals surface area contributed by atoms with Gasteiger partial charge in [0.15, 0.2) is 5.78 Å². The van der Waals surface area contributed by atoms with Crippen molar-refractivity contribution in [3.8, 4) is 0 Å². The summed E-state index contributed by atoms with van der Waals surface area (Å²) in [4.78, 5) is 24.2. The number of carbonyl (C=O) groups excluding carboxylic acids is 1. The Hall–Kier alpha value is -2.94. The molecule has 0 aliphatic rings. The fourth-order valence-electron chi connectivity index (χ4n) is 1.77. The van der Waals surface area contributed by atoms with Crippen molar-refractivity contribution in [3.05, 3.63) is 59.9 Å². The number of aromatic nitrogens is 1. The standard InChI is InChI=1S/C14H10FNO6S/c15-8-1-3-9(4-2-8)23(21,22)13-7-16-6-10(13)11(17)5-12(18)14(19)20/h1-7,16,18H,(H,19,20). The molecule has 0 spiro atoms. The van der Waals surface area contributed by atoms with Crippen LogP contribution in [0.4, 0.5) is 4.39 Å². The number of hydrogen-bond donors (Lipinski definition) is 3. The van der Waals surface area contributed by atoms with Crippen LogP contribution in [0.3, 0.4) is 0 Å². The Morgan fingerprint density at radius 2 is 1.70 bits per heavy atom. The summed E-state index contributed by atoms with van der Waals surface area (Å²) in [6, 6.07) is 3.99. The van der Waals surface area contributed by atoms with E-state index < -0.39 is 38.1 Å². The molecule has 120 valence electrons. The number of sulfone groups is 1. The van der Waals surface area contributed by atoms with Crippen molar-refractivity contribution in [2.24, 2.45) is 0 Å². The monoisotopic (exact) mass is 339 g/mol. The molecule has 0 radical (unpaired) electrons. The first-order valence-corrected chi connectivity index (χ1v) is 7.57. The van der Waals surface area contributed by atoms with E-state index in [0.29, 0.717) is 6.08 Å². The number of carboxylic acid groups (broad SMARTS) is 1. The molecule has 1 aromatic carbocycles. The zero-order valence-electron chi connectivity index (χ0n) is 11.4. The molecule has 1 heterocycles. The Bertz CT molecular complexity index is 896. The van der Waals surface area contributed by atoms with Crippen LogP contribution in [0.2, 0.25) is 0 Å². The molecule has 23 heavy (non-hydrogen) atoms. The second kappa shape index (κ2) is 6.05. The van der Waals surface area contributed by atoms with E-state index in [4.69, 9.17) is 10.2 Å². The Morgan fingerprint density at radius 1 is 1.09 bits per heavy atom. The maximum atomic E-state index is 12.9. The predicted octanol–water partition coefficient (Wildman–Crippen LogP) is 1.70. The number of nitrogens with one attached hydrogen (secondary N) is 1. The van der Waals surface area contributed by atoms with Crippen LogP contribution in [0.15, 0.2) is 58.3 Å². The number of ketones is 1. The smallest absolute Gasteiger partial charge is 0.371 e. The third-order valence-corrected chi connectivity index (χ3v) is 4.68. The first-order valence-electron chi connectivity index (χ1n) is 6.09. The molecule has 1 aromatic heterocycles. The third kappa shape index (κ3) is 3.29. The molecule has 2 aromatic rings. The molecule has 0 saturated heterocycles. The summed E-state index contributed by atoms with van der Waals surface area (Å²) >= 11 is 0. The molecule has 0 aliphatic carbocycles. The Labute approximate surface area is 129 Å². The Morgan fingerprint density at radius 3 is 2.26 bits per heavy atom. The number of hydrogen-bond acceptors (Lipinski definition) is 5. The van der Waals surface area contributed by atoms with Crippen molar-refractivity contribution in [2.45, 2.75) is 9.79 Å². The van der Waals surface area contributed by atoms with Gasteiger partial charge in [0, 0.05) is 18.5 Å². The maximum absolute atomic E-state index is 12.9. The van der Waals surface area contributed by atoms with Crippen molar-refractivity contribution in [1.82, 2.24) is 4.98 Å². The van der Waals surface area contributed by atoms with Gasteiger partial charge in [0.1, 0.15) is 10.7 Å². The predicted molar refractivity (Wildman–Crippen MR) is 75.3 cm³/mol. The lowest BCUT2D eigenvalue weighted by molar-refractivity contribution is -0.135. The van der Waals surface area contributed by atoms with E-state index in [2.05, 4.69) is 4.98 Å². The number of rotatable bonds is 5. The molecule has 3 N–H and O–H groups in total. The number of halogens is 1. The topological polar surface area (TPSA) is 125 Å². The van der Waals surface area contributed by atoms with Crippen LogP contribution in [0.1, 0.15) is 10.4 Å². The second-order valence-corrected chi connectivity index (χ2v) is 6.31. The Balaban J connectivity index is 2.49. The zero-order chi connectivity index (χ0) is 17.2. The summed E-state index contributed by atoms with van der Waals surface area (Å²) in [6.45, 7) is 0. The van der Waals surface area contributed by atoms with Gasteiger partial charge in [-0.1, -0.05) is 0 Å². The lowest BCUT2D eigenvalue weighted by Crippen LogP contribution is -2.08. The molecule has 0 bridgehead atoms. The van der Waals surface area contributed by atoms with Gasteiger partial charge in [0.25, 0.3) is 0 Å². The van der Waals surface area contributed by atoms with E-state index in [1.807, 2.05) is 0 Å². The zero-order valence-corrected chi connectivity index (χ0v) is 12.2. The number of aliphatic carboxylic acids is 1. The first-order chi connectivity index (χ1) is 10.7. The van der Waals surface area contributed by atoms with E-state index >= 15 is 0 Å². The molecule has 0 fully saturated rings. The van der Waals surface area contributed by atoms with Crippen LogP contribution >= 0.6 is 0 Å². The van der Waals surface area contributed by atoms with Gasteiger partial charge in [-0.05, 0) is 24.3 Å². The Kier molecular flexibility index (Phi) is 4.32. The fourth-order valence-corrected chi connectivity index (χ4v) is 3.19. The van der Waals surface area contributed by atoms with Crippen molar-refractivity contribution < 1.29 is 32.6 Å². The van der Waals surface area contributed by atoms with E-state index in [1.54, 1.807) is 0 Å². The van der Waals surface area contributed by atoms with Crippen molar-refractivity contribution in [3.63, 3.8) is 0 Å². The molecular formula is C14H10FNO6S. The number of aliphatic hydroxyl groups is 1. The number of benzene rings is 1. The molecule has 0 saturated carbocycles. The van der Waals surface area contributed by atoms with Crippen LogP contribution in [-0.4, -0.2) is 35.4 Å². The van der Waals surface area contributed by atoms with E-state index in [1.165, 1.54) is 0 Å². The molecular weight excluding hydrogens is 329 g/mol. The average Bonchev–Trinajstić information content (AvgIpc) is 2.97. The minimum atomic E-state index is -4.12. The molecule has 0 aliphatic heterocycles. The normalized spacial score (nSPS) is 12.1. The number of aliphatic hydroxyl groups excluding tert-OH is 1. The highest BCUT2D eigenvalue weighted by molar-refractivity contribution is 7.91. The molecule has 0 atom stereocenters. The van der Waals surface area contributed by atoms with Gasteiger partial charge in [-0.25, -0.2) is 17.6 Å². The van der Waals surface area contributed by atoms with Crippen molar-refractivity contribution in [1.29, 1.82) is 0 Å². The highest BCUT2D eigenvalue weighted by Gasteiger charge is 2.25. The van der Waals surface area contributed by atoms with E-state index in [-0.39, 0.29) is 10.5 Å². The number of allylic oxidation sites excluding steroid dienone is 1. The van der Waals surface area contributed by atoms with Crippen LogP contribution < -0.4 is 0 Å². The summed E-state index contributed by atoms with van der Waals surface area (Å²) in [5.74, 6) is -4.58. The van der Waals surface area contributed by atoms with Gasteiger partial charge in [-0.3, -0.25) is 4.79 Å². The fraction of sp³-hybridized carbons (Fsp3) is 0. The van der Waals surface area contributed by atoms with Crippen LogP contribution in [0.5, 0.6) is 0 Å². The second-order valence-electron chi connectivity index (χ2n) is 4.39.